The lowest BCUT2D eigenvalue weighted by atomic mass is 9.96. The van der Waals surface area contributed by atoms with E-state index < -0.39 is 0 Å². The van der Waals surface area contributed by atoms with Crippen molar-refractivity contribution in [3.8, 4) is 0 Å². The Kier molecular flexibility index (Phi) is 3.48. The molecular formula is C14H21N3O. The first kappa shape index (κ1) is 11.9. The molecule has 3 heterocycles. The van der Waals surface area contributed by atoms with E-state index in [1.54, 1.807) is 0 Å². The molecule has 0 aromatic carbocycles. The molecule has 2 saturated heterocycles. The topological polar surface area (TPSA) is 51.4 Å². The van der Waals surface area contributed by atoms with Crippen LogP contribution in [0.1, 0.15) is 36.4 Å². The van der Waals surface area contributed by atoms with Gasteiger partial charge in [-0.15, -0.1) is 0 Å². The monoisotopic (exact) mass is 247 g/mol. The van der Waals surface area contributed by atoms with Gasteiger partial charge in [-0.3, -0.25) is 4.90 Å². The Hall–Kier alpha value is -1.13. The minimum atomic E-state index is 0.510. The van der Waals surface area contributed by atoms with Gasteiger partial charge in [0.25, 0.3) is 0 Å². The van der Waals surface area contributed by atoms with Crippen LogP contribution in [0.25, 0.3) is 0 Å². The summed E-state index contributed by atoms with van der Waals surface area (Å²) in [6.45, 7) is 5.03. The van der Waals surface area contributed by atoms with Crippen LogP contribution in [0.3, 0.4) is 0 Å². The van der Waals surface area contributed by atoms with Gasteiger partial charge < -0.3 is 10.5 Å². The summed E-state index contributed by atoms with van der Waals surface area (Å²) in [5, 5.41) is 0. The summed E-state index contributed by atoms with van der Waals surface area (Å²) in [7, 11) is 0. The predicted molar refractivity (Wildman–Crippen MR) is 71.3 cm³/mol. The quantitative estimate of drug-likeness (QED) is 0.884. The minimum Gasteiger partial charge on any atom is -0.384 e. The Balaban J connectivity index is 1.82. The summed E-state index contributed by atoms with van der Waals surface area (Å²) < 4.78 is 5.49. The lowest BCUT2D eigenvalue weighted by Gasteiger charge is -2.19. The Morgan fingerprint density at radius 3 is 2.89 bits per heavy atom. The van der Waals surface area contributed by atoms with Gasteiger partial charge in [0.15, 0.2) is 0 Å². The maximum atomic E-state index is 5.84. The van der Waals surface area contributed by atoms with Crippen LogP contribution in [0.4, 0.5) is 5.82 Å². The first-order valence-electron chi connectivity index (χ1n) is 6.88. The van der Waals surface area contributed by atoms with Crippen LogP contribution in [0.15, 0.2) is 12.1 Å². The number of pyridine rings is 1. The molecule has 0 amide bonds. The molecule has 18 heavy (non-hydrogen) atoms. The molecule has 1 aromatic heterocycles. The van der Waals surface area contributed by atoms with Gasteiger partial charge in [0.2, 0.25) is 0 Å². The smallest absolute Gasteiger partial charge is 0.123 e. The lowest BCUT2D eigenvalue weighted by molar-refractivity contribution is 0.193. The second kappa shape index (κ2) is 5.24. The van der Waals surface area contributed by atoms with Crippen LogP contribution in [-0.2, 0) is 11.3 Å². The Labute approximate surface area is 108 Å². The number of rotatable bonds is 3. The van der Waals surface area contributed by atoms with E-state index in [0.29, 0.717) is 11.7 Å². The molecule has 2 aliphatic rings. The van der Waals surface area contributed by atoms with Crippen molar-refractivity contribution < 1.29 is 4.74 Å². The molecule has 0 aliphatic carbocycles. The molecule has 2 N–H and O–H groups in total. The molecule has 1 atom stereocenters. The zero-order valence-corrected chi connectivity index (χ0v) is 10.8. The highest BCUT2D eigenvalue weighted by Gasteiger charge is 2.23. The summed E-state index contributed by atoms with van der Waals surface area (Å²) in [6.07, 6.45) is 3.73. The first-order chi connectivity index (χ1) is 8.83. The fraction of sp³-hybridized carbons (Fsp3) is 0.643. The maximum absolute atomic E-state index is 5.84. The van der Waals surface area contributed by atoms with E-state index in [0.717, 1.165) is 31.9 Å². The minimum absolute atomic E-state index is 0.510. The molecule has 4 nitrogen and oxygen atoms in total. The molecule has 2 fully saturated rings. The number of nitrogens with zero attached hydrogens (tertiary/aromatic N) is 2. The van der Waals surface area contributed by atoms with Crippen LogP contribution >= 0.6 is 0 Å². The van der Waals surface area contributed by atoms with Gasteiger partial charge >= 0.3 is 0 Å². The molecule has 4 heteroatoms. The predicted octanol–water partition coefficient (Wildman–Crippen LogP) is 1.76. The van der Waals surface area contributed by atoms with Crippen molar-refractivity contribution in [2.45, 2.75) is 31.7 Å². The average Bonchev–Trinajstić information content (AvgIpc) is 3.01. The summed E-state index contributed by atoms with van der Waals surface area (Å²) in [5.74, 6) is 1.14. The number of ether oxygens (including phenoxy) is 1. The molecule has 98 valence electrons. The third kappa shape index (κ3) is 2.49. The van der Waals surface area contributed by atoms with Crippen LogP contribution in [-0.4, -0.2) is 36.2 Å². The summed E-state index contributed by atoms with van der Waals surface area (Å²) >= 11 is 0. The normalized spacial score (nSPS) is 24.8. The Morgan fingerprint density at radius 2 is 2.17 bits per heavy atom. The molecular weight excluding hydrogens is 226 g/mol. The number of hydrogen-bond donors (Lipinski definition) is 1. The van der Waals surface area contributed by atoms with Gasteiger partial charge in [0.05, 0.1) is 12.3 Å². The van der Waals surface area contributed by atoms with Crippen molar-refractivity contribution >= 4 is 5.82 Å². The molecule has 0 radical (unpaired) electrons. The largest absolute Gasteiger partial charge is 0.384 e. The number of likely N-dealkylation sites (tertiary alicyclic amines) is 1. The number of hydrogen-bond acceptors (Lipinski definition) is 4. The molecule has 1 aromatic rings. The van der Waals surface area contributed by atoms with E-state index in [-0.39, 0.29) is 0 Å². The second-order valence-electron chi connectivity index (χ2n) is 5.32. The van der Waals surface area contributed by atoms with Crippen molar-refractivity contribution in [3.05, 3.63) is 23.4 Å². The van der Waals surface area contributed by atoms with Crippen molar-refractivity contribution in [1.82, 2.24) is 9.88 Å². The summed E-state index contributed by atoms with van der Waals surface area (Å²) in [5.41, 5.74) is 8.34. The van der Waals surface area contributed by atoms with Gasteiger partial charge in [-0.2, -0.15) is 0 Å². The van der Waals surface area contributed by atoms with Gasteiger partial charge in [-0.25, -0.2) is 4.98 Å². The molecule has 0 saturated carbocycles. The third-order valence-electron chi connectivity index (χ3n) is 3.97. The summed E-state index contributed by atoms with van der Waals surface area (Å²) in [6, 6.07) is 4.06. The van der Waals surface area contributed by atoms with E-state index in [4.69, 9.17) is 10.5 Å². The van der Waals surface area contributed by atoms with Crippen LogP contribution in [0.5, 0.6) is 0 Å². The van der Waals surface area contributed by atoms with E-state index in [1.807, 2.05) is 6.07 Å². The number of nitrogens with two attached hydrogens (primary N) is 1. The van der Waals surface area contributed by atoms with Gasteiger partial charge in [0.1, 0.15) is 5.82 Å². The number of anilines is 1. The summed E-state index contributed by atoms with van der Waals surface area (Å²) in [4.78, 5) is 7.04. The van der Waals surface area contributed by atoms with Crippen molar-refractivity contribution in [1.29, 1.82) is 0 Å². The molecule has 3 rings (SSSR count). The lowest BCUT2D eigenvalue weighted by Crippen LogP contribution is -2.21. The van der Waals surface area contributed by atoms with Crippen LogP contribution in [0, 0.1) is 0 Å². The first-order valence-corrected chi connectivity index (χ1v) is 6.88. The zero-order valence-electron chi connectivity index (χ0n) is 10.8. The SMILES string of the molecule is Nc1ccc([C@H]2CCOC2)c(CN2CCCC2)n1. The van der Waals surface area contributed by atoms with Crippen LogP contribution < -0.4 is 5.73 Å². The van der Waals surface area contributed by atoms with Gasteiger partial charge in [-0.05, 0) is 44.0 Å². The second-order valence-corrected chi connectivity index (χ2v) is 5.32. The molecule has 2 aliphatic heterocycles. The Bertz CT molecular complexity index is 410. The fourth-order valence-corrected chi connectivity index (χ4v) is 2.96. The molecule has 0 spiro atoms. The van der Waals surface area contributed by atoms with Gasteiger partial charge in [0, 0.05) is 19.1 Å². The van der Waals surface area contributed by atoms with Crippen molar-refractivity contribution in [2.75, 3.05) is 32.0 Å². The Morgan fingerprint density at radius 1 is 1.33 bits per heavy atom. The van der Waals surface area contributed by atoms with E-state index >= 15 is 0 Å². The molecule has 0 bridgehead atoms. The highest BCUT2D eigenvalue weighted by Crippen LogP contribution is 2.29. The van der Waals surface area contributed by atoms with Crippen molar-refractivity contribution in [3.63, 3.8) is 0 Å². The highest BCUT2D eigenvalue weighted by molar-refractivity contribution is 5.36. The van der Waals surface area contributed by atoms with E-state index in [9.17, 15) is 0 Å². The highest BCUT2D eigenvalue weighted by atomic mass is 16.5. The van der Waals surface area contributed by atoms with Gasteiger partial charge in [-0.1, -0.05) is 6.07 Å². The average molecular weight is 247 g/mol. The fourth-order valence-electron chi connectivity index (χ4n) is 2.96. The third-order valence-corrected chi connectivity index (χ3v) is 3.97. The standard InChI is InChI=1S/C14H21N3O/c15-14-4-3-12(11-5-8-18-10-11)13(16-14)9-17-6-1-2-7-17/h3-4,11H,1-2,5-10H2,(H2,15,16)/t11-/m0/s1. The molecule has 0 unspecified atom stereocenters. The zero-order chi connectivity index (χ0) is 12.4. The van der Waals surface area contributed by atoms with Crippen molar-refractivity contribution in [2.24, 2.45) is 0 Å². The number of aromatic nitrogens is 1. The van der Waals surface area contributed by atoms with E-state index in [2.05, 4.69) is 16.0 Å². The van der Waals surface area contributed by atoms with Crippen LogP contribution in [0.2, 0.25) is 0 Å². The number of nitrogen functional groups attached to an aromatic ring is 1. The van der Waals surface area contributed by atoms with E-state index in [1.165, 1.54) is 31.5 Å². The maximum Gasteiger partial charge on any atom is 0.123 e.